The van der Waals surface area contributed by atoms with E-state index >= 15 is 0 Å². The van der Waals surface area contributed by atoms with E-state index in [0.29, 0.717) is 5.69 Å². The van der Waals surface area contributed by atoms with Gasteiger partial charge in [-0.2, -0.15) is 0 Å². The molecule has 1 rings (SSSR count). The summed E-state index contributed by atoms with van der Waals surface area (Å²) in [6, 6.07) is 1.39. The molecule has 1 aromatic heterocycles. The summed E-state index contributed by atoms with van der Waals surface area (Å²) in [7, 11) is 0. The van der Waals surface area contributed by atoms with Crippen LogP contribution in [0.3, 0.4) is 0 Å². The highest BCUT2D eigenvalue weighted by Gasteiger charge is 2.12. The summed E-state index contributed by atoms with van der Waals surface area (Å²) in [5, 5.41) is 22.2. The third-order valence-electron chi connectivity index (χ3n) is 1.89. The van der Waals surface area contributed by atoms with Crippen LogP contribution in [0.25, 0.3) is 0 Å². The van der Waals surface area contributed by atoms with E-state index in [1.54, 1.807) is 6.92 Å². The van der Waals surface area contributed by atoms with Crippen LogP contribution in [-0.4, -0.2) is 39.1 Å². The zero-order valence-electron chi connectivity index (χ0n) is 8.67. The van der Waals surface area contributed by atoms with Crippen molar-refractivity contribution in [3.05, 3.63) is 23.5 Å². The molecule has 1 atom stereocenters. The number of nitrogens with zero attached hydrogens (tertiary/aromatic N) is 1. The second kappa shape index (κ2) is 5.53. The van der Waals surface area contributed by atoms with Crippen molar-refractivity contribution in [3.8, 4) is 5.75 Å². The van der Waals surface area contributed by atoms with Crippen molar-refractivity contribution >= 4 is 23.5 Å². The van der Waals surface area contributed by atoms with Gasteiger partial charge in [-0.15, -0.1) is 0 Å². The SMILES string of the molecule is Cc1cc(O)c(C(=O)NCC(O)C=S)cn1. The quantitative estimate of drug-likeness (QED) is 0.654. The van der Waals surface area contributed by atoms with Gasteiger partial charge in [0.15, 0.2) is 0 Å². The Balaban J connectivity index is 2.69. The Labute approximate surface area is 98.1 Å². The standard InChI is InChI=1S/C10H12N2O3S/c1-6-2-9(14)8(4-11-6)10(15)12-3-7(13)5-16/h2,4-5,7,13H,3H2,1H3,(H,11,14)(H,12,15). The fraction of sp³-hybridized carbons (Fsp3) is 0.300. The average Bonchev–Trinajstić information content (AvgIpc) is 2.25. The molecule has 6 heteroatoms. The topological polar surface area (TPSA) is 82.5 Å². The second-order valence-electron chi connectivity index (χ2n) is 3.26. The molecule has 86 valence electrons. The number of nitrogens with one attached hydrogen (secondary N) is 1. The van der Waals surface area contributed by atoms with Crippen LogP contribution in [0.1, 0.15) is 16.1 Å². The van der Waals surface area contributed by atoms with Gasteiger partial charge in [0.25, 0.3) is 5.91 Å². The molecule has 0 aliphatic rings. The summed E-state index contributed by atoms with van der Waals surface area (Å²) in [6.45, 7) is 1.72. The van der Waals surface area contributed by atoms with Crippen LogP contribution >= 0.6 is 12.2 Å². The van der Waals surface area contributed by atoms with E-state index in [4.69, 9.17) is 5.11 Å². The molecule has 0 aliphatic heterocycles. The van der Waals surface area contributed by atoms with Gasteiger partial charge in [-0.25, -0.2) is 0 Å². The molecule has 0 saturated carbocycles. The van der Waals surface area contributed by atoms with Gasteiger partial charge in [0, 0.05) is 29.9 Å². The van der Waals surface area contributed by atoms with Crippen LogP contribution in [0, 0.1) is 6.92 Å². The summed E-state index contributed by atoms with van der Waals surface area (Å²) >= 11 is 4.50. The molecule has 16 heavy (non-hydrogen) atoms. The molecule has 1 unspecified atom stereocenters. The highest BCUT2D eigenvalue weighted by atomic mass is 32.1. The largest absolute Gasteiger partial charge is 0.507 e. The number of pyridine rings is 1. The first kappa shape index (κ1) is 12.5. The molecular weight excluding hydrogens is 228 g/mol. The maximum atomic E-state index is 11.5. The number of hydrogen-bond acceptors (Lipinski definition) is 5. The number of aromatic hydroxyl groups is 1. The molecule has 3 N–H and O–H groups in total. The highest BCUT2D eigenvalue weighted by Crippen LogP contribution is 2.15. The zero-order chi connectivity index (χ0) is 12.1. The maximum absolute atomic E-state index is 11.5. The molecular formula is C10H12N2O3S. The Morgan fingerprint density at radius 3 is 3.00 bits per heavy atom. The number of amides is 1. The van der Waals surface area contributed by atoms with E-state index in [1.165, 1.54) is 12.3 Å². The van der Waals surface area contributed by atoms with Gasteiger partial charge in [0.05, 0.1) is 11.7 Å². The van der Waals surface area contributed by atoms with Gasteiger partial charge in [0.1, 0.15) is 5.75 Å². The van der Waals surface area contributed by atoms with Gasteiger partial charge in [-0.3, -0.25) is 9.78 Å². The zero-order valence-corrected chi connectivity index (χ0v) is 9.49. The van der Waals surface area contributed by atoms with E-state index in [1.807, 2.05) is 0 Å². The molecule has 0 spiro atoms. The summed E-state index contributed by atoms with van der Waals surface area (Å²) in [4.78, 5) is 15.4. The van der Waals surface area contributed by atoms with Crippen LogP contribution < -0.4 is 5.32 Å². The van der Waals surface area contributed by atoms with Crippen molar-refractivity contribution in [2.24, 2.45) is 0 Å². The van der Waals surface area contributed by atoms with E-state index in [2.05, 4.69) is 22.5 Å². The molecule has 0 radical (unpaired) electrons. The fourth-order valence-electron chi connectivity index (χ4n) is 1.06. The van der Waals surface area contributed by atoms with E-state index in [0.717, 1.165) is 5.37 Å². The monoisotopic (exact) mass is 240 g/mol. The molecule has 0 aliphatic carbocycles. The van der Waals surface area contributed by atoms with Gasteiger partial charge < -0.3 is 15.5 Å². The Hall–Kier alpha value is -1.53. The Bertz CT molecular complexity index is 409. The first-order valence-electron chi connectivity index (χ1n) is 4.61. The number of hydrogen-bond donors (Lipinski definition) is 3. The molecule has 1 amide bonds. The summed E-state index contributed by atoms with van der Waals surface area (Å²) in [5.74, 6) is -0.636. The first-order valence-corrected chi connectivity index (χ1v) is 5.09. The molecule has 0 fully saturated rings. The smallest absolute Gasteiger partial charge is 0.256 e. The summed E-state index contributed by atoms with van der Waals surface area (Å²) < 4.78 is 0. The number of aliphatic hydroxyl groups excluding tert-OH is 1. The lowest BCUT2D eigenvalue weighted by molar-refractivity contribution is 0.0934. The lowest BCUT2D eigenvalue weighted by atomic mass is 10.2. The van der Waals surface area contributed by atoms with Crippen molar-refractivity contribution in [1.29, 1.82) is 0 Å². The minimum absolute atomic E-state index is 0.00957. The molecule has 0 bridgehead atoms. The second-order valence-corrected chi connectivity index (χ2v) is 3.53. The number of aryl methyl sites for hydroxylation is 1. The lowest BCUT2D eigenvalue weighted by Crippen LogP contribution is -2.32. The van der Waals surface area contributed by atoms with Gasteiger partial charge in [0.2, 0.25) is 0 Å². The highest BCUT2D eigenvalue weighted by molar-refractivity contribution is 7.79. The van der Waals surface area contributed by atoms with Crippen LogP contribution in [0.15, 0.2) is 12.3 Å². The number of aliphatic hydroxyl groups is 1. The minimum atomic E-state index is -0.875. The summed E-state index contributed by atoms with van der Waals surface area (Å²) in [6.07, 6.45) is 0.406. The molecule has 0 saturated heterocycles. The van der Waals surface area contributed by atoms with Crippen LogP contribution in [-0.2, 0) is 0 Å². The Morgan fingerprint density at radius 1 is 1.75 bits per heavy atom. The average molecular weight is 240 g/mol. The Kier molecular flexibility index (Phi) is 4.33. The van der Waals surface area contributed by atoms with E-state index in [9.17, 15) is 9.90 Å². The fourth-order valence-corrected chi connectivity index (χ4v) is 1.16. The van der Waals surface area contributed by atoms with E-state index < -0.39 is 12.0 Å². The van der Waals surface area contributed by atoms with Gasteiger partial charge in [-0.1, -0.05) is 12.2 Å². The molecule has 5 nitrogen and oxygen atoms in total. The van der Waals surface area contributed by atoms with Crippen molar-refractivity contribution in [2.75, 3.05) is 6.54 Å². The number of aromatic nitrogens is 1. The number of carbonyl (C=O) groups excluding carboxylic acids is 1. The van der Waals surface area contributed by atoms with Gasteiger partial charge in [-0.05, 0) is 6.92 Å². The third kappa shape index (κ3) is 3.25. The van der Waals surface area contributed by atoms with Crippen LogP contribution in [0.4, 0.5) is 0 Å². The predicted octanol–water partition coefficient (Wildman–Crippen LogP) is 0.186. The predicted molar refractivity (Wildman–Crippen MR) is 62.6 cm³/mol. The minimum Gasteiger partial charge on any atom is -0.507 e. The third-order valence-corrected chi connectivity index (χ3v) is 2.21. The number of rotatable bonds is 4. The molecule has 1 aromatic rings. The molecule has 1 heterocycles. The Morgan fingerprint density at radius 2 is 2.44 bits per heavy atom. The number of thiocarbonyl (C=S) groups is 1. The maximum Gasteiger partial charge on any atom is 0.256 e. The van der Waals surface area contributed by atoms with E-state index in [-0.39, 0.29) is 17.9 Å². The van der Waals surface area contributed by atoms with Crippen molar-refractivity contribution < 1.29 is 15.0 Å². The molecule has 0 aromatic carbocycles. The normalized spacial score (nSPS) is 11.9. The van der Waals surface area contributed by atoms with Crippen molar-refractivity contribution in [3.63, 3.8) is 0 Å². The van der Waals surface area contributed by atoms with Crippen molar-refractivity contribution in [2.45, 2.75) is 13.0 Å². The first-order chi connectivity index (χ1) is 7.54. The summed E-state index contributed by atoms with van der Waals surface area (Å²) in [5.41, 5.74) is 0.690. The lowest BCUT2D eigenvalue weighted by Gasteiger charge is -2.08. The van der Waals surface area contributed by atoms with Crippen LogP contribution in [0.5, 0.6) is 5.75 Å². The van der Waals surface area contributed by atoms with Crippen LogP contribution in [0.2, 0.25) is 0 Å². The number of carbonyl (C=O) groups is 1. The van der Waals surface area contributed by atoms with Gasteiger partial charge >= 0.3 is 0 Å². The van der Waals surface area contributed by atoms with Crippen molar-refractivity contribution in [1.82, 2.24) is 10.3 Å².